The number of hydrogen-bond donors (Lipinski definition) is 0. The molecule has 0 radical (unpaired) electrons. The molecule has 0 fully saturated rings. The summed E-state index contributed by atoms with van der Waals surface area (Å²) in [5.74, 6) is -0.847. The summed E-state index contributed by atoms with van der Waals surface area (Å²) in [7, 11) is 0. The van der Waals surface area contributed by atoms with Crippen LogP contribution in [0.25, 0.3) is 0 Å². The van der Waals surface area contributed by atoms with E-state index in [0.717, 1.165) is 70.6 Å². The van der Waals surface area contributed by atoms with Gasteiger partial charge < -0.3 is 14.2 Å². The van der Waals surface area contributed by atoms with Gasteiger partial charge in [0.2, 0.25) is 0 Å². The molecule has 0 bridgehead atoms. The topological polar surface area (TPSA) is 78.9 Å². The van der Waals surface area contributed by atoms with E-state index >= 15 is 0 Å². The van der Waals surface area contributed by atoms with Gasteiger partial charge in [0, 0.05) is 19.3 Å². The SMILES string of the molecule is CCCCC/C=C\C/C=C\CCCCCCCCCC(=O)OC(COC(=O)CCCCCCCCCCCCCC)COC(=O)CCCCCCCCCCCCCCCCCCCCCCCCCCCCCCCCCCC. The molecular weight excluding hydrogens is 985 g/mol. The fraction of sp³-hybridized carbons (Fsp3) is 0.905. The number of carbonyl (C=O) groups is 3. The number of ether oxygens (including phenoxy) is 3. The van der Waals surface area contributed by atoms with Gasteiger partial charge in [-0.25, -0.2) is 0 Å². The fourth-order valence-corrected chi connectivity index (χ4v) is 11.2. The van der Waals surface area contributed by atoms with Crippen LogP contribution in [0.3, 0.4) is 0 Å². The molecule has 0 saturated heterocycles. The Morgan fingerprint density at radius 2 is 0.450 bits per heavy atom. The molecule has 1 unspecified atom stereocenters. The van der Waals surface area contributed by atoms with Crippen molar-refractivity contribution in [2.45, 2.75) is 419 Å². The van der Waals surface area contributed by atoms with Crippen molar-refractivity contribution in [1.29, 1.82) is 0 Å². The van der Waals surface area contributed by atoms with Crippen molar-refractivity contribution in [2.24, 2.45) is 0 Å². The first-order valence-corrected chi connectivity index (χ1v) is 36.3. The van der Waals surface area contributed by atoms with Gasteiger partial charge in [0.1, 0.15) is 13.2 Å². The van der Waals surface area contributed by atoms with Crippen molar-refractivity contribution < 1.29 is 28.6 Å². The lowest BCUT2D eigenvalue weighted by Gasteiger charge is -2.18. The van der Waals surface area contributed by atoms with Gasteiger partial charge in [-0.1, -0.05) is 366 Å². The summed E-state index contributed by atoms with van der Waals surface area (Å²) in [5.41, 5.74) is 0. The molecule has 0 aromatic carbocycles. The lowest BCUT2D eigenvalue weighted by molar-refractivity contribution is -0.167. The molecule has 0 N–H and O–H groups in total. The molecule has 0 aromatic rings. The van der Waals surface area contributed by atoms with Crippen molar-refractivity contribution in [1.82, 2.24) is 0 Å². The summed E-state index contributed by atoms with van der Waals surface area (Å²) < 4.78 is 17.0. The maximum absolute atomic E-state index is 12.9. The van der Waals surface area contributed by atoms with Crippen LogP contribution in [0.2, 0.25) is 0 Å². The van der Waals surface area contributed by atoms with E-state index in [1.165, 1.54) is 302 Å². The van der Waals surface area contributed by atoms with Crippen LogP contribution >= 0.6 is 0 Å². The van der Waals surface area contributed by atoms with Crippen molar-refractivity contribution in [2.75, 3.05) is 13.2 Å². The summed E-state index contributed by atoms with van der Waals surface area (Å²) in [5, 5.41) is 0. The lowest BCUT2D eigenvalue weighted by atomic mass is 10.0. The standard InChI is InChI=1S/C74H140O6/c1-4-7-10-13-16-19-22-25-27-29-30-31-32-33-34-35-36-37-38-39-40-41-42-43-44-46-47-49-52-55-58-61-64-67-73(76)79-70-71(69-78-72(75)66-63-60-57-54-51-24-21-18-15-12-9-6-3)80-74(77)68-65-62-59-56-53-50-48-45-28-26-23-20-17-14-11-8-5-2/h17,20,26,28,71H,4-16,18-19,21-25,27,29-70H2,1-3H3/b20-17-,28-26-. The van der Waals surface area contributed by atoms with E-state index < -0.39 is 6.10 Å². The van der Waals surface area contributed by atoms with Gasteiger partial charge in [0.05, 0.1) is 0 Å². The summed E-state index contributed by atoms with van der Waals surface area (Å²) in [6, 6.07) is 0. The van der Waals surface area contributed by atoms with Crippen molar-refractivity contribution in [3.05, 3.63) is 24.3 Å². The third kappa shape index (κ3) is 66.7. The van der Waals surface area contributed by atoms with E-state index in [1.807, 2.05) is 0 Å². The molecule has 0 aromatic heterocycles. The van der Waals surface area contributed by atoms with Gasteiger partial charge in [-0.2, -0.15) is 0 Å². The van der Waals surface area contributed by atoms with E-state index in [2.05, 4.69) is 45.1 Å². The molecule has 0 spiro atoms. The number of hydrogen-bond acceptors (Lipinski definition) is 6. The second-order valence-corrected chi connectivity index (χ2v) is 24.9. The molecule has 1 atom stereocenters. The molecule has 0 amide bonds. The first-order chi connectivity index (χ1) is 39.5. The molecule has 0 aliphatic heterocycles. The second-order valence-electron chi connectivity index (χ2n) is 24.9. The van der Waals surface area contributed by atoms with Gasteiger partial charge in [-0.15, -0.1) is 0 Å². The molecule has 80 heavy (non-hydrogen) atoms. The van der Waals surface area contributed by atoms with Gasteiger partial charge >= 0.3 is 17.9 Å². The minimum atomic E-state index is -0.772. The zero-order valence-corrected chi connectivity index (χ0v) is 54.4. The molecule has 472 valence electrons. The highest BCUT2D eigenvalue weighted by Gasteiger charge is 2.19. The lowest BCUT2D eigenvalue weighted by Crippen LogP contribution is -2.30. The molecule has 0 rings (SSSR count). The Labute approximate surface area is 500 Å². The monoisotopic (exact) mass is 1130 g/mol. The third-order valence-electron chi connectivity index (χ3n) is 16.7. The van der Waals surface area contributed by atoms with Gasteiger partial charge in [0.15, 0.2) is 6.10 Å². The van der Waals surface area contributed by atoms with Crippen LogP contribution in [-0.4, -0.2) is 37.2 Å². The Morgan fingerprint density at radius 3 is 0.713 bits per heavy atom. The maximum atomic E-state index is 12.9. The maximum Gasteiger partial charge on any atom is 0.306 e. The normalized spacial score (nSPS) is 12.1. The average Bonchev–Trinajstić information content (AvgIpc) is 3.46. The molecule has 0 saturated carbocycles. The van der Waals surface area contributed by atoms with Gasteiger partial charge in [-0.05, 0) is 51.4 Å². The highest BCUT2D eigenvalue weighted by Crippen LogP contribution is 2.19. The fourth-order valence-electron chi connectivity index (χ4n) is 11.2. The van der Waals surface area contributed by atoms with Crippen LogP contribution in [0.4, 0.5) is 0 Å². The zero-order chi connectivity index (χ0) is 57.8. The minimum absolute atomic E-state index is 0.0684. The number of rotatable bonds is 68. The van der Waals surface area contributed by atoms with Crippen molar-refractivity contribution >= 4 is 17.9 Å². The molecule has 0 aliphatic rings. The van der Waals surface area contributed by atoms with Gasteiger partial charge in [-0.3, -0.25) is 14.4 Å². The first kappa shape index (κ1) is 77.9. The van der Waals surface area contributed by atoms with Crippen LogP contribution in [-0.2, 0) is 28.6 Å². The zero-order valence-electron chi connectivity index (χ0n) is 54.4. The summed E-state index contributed by atoms with van der Waals surface area (Å²) >= 11 is 0. The highest BCUT2D eigenvalue weighted by atomic mass is 16.6. The first-order valence-electron chi connectivity index (χ1n) is 36.3. The summed E-state index contributed by atoms with van der Waals surface area (Å²) in [4.78, 5) is 38.3. The number of allylic oxidation sites excluding steroid dienone is 4. The van der Waals surface area contributed by atoms with Crippen LogP contribution in [0.15, 0.2) is 24.3 Å². The minimum Gasteiger partial charge on any atom is -0.462 e. The van der Waals surface area contributed by atoms with Crippen LogP contribution in [0.1, 0.15) is 412 Å². The molecular formula is C74H140O6. The van der Waals surface area contributed by atoms with Crippen molar-refractivity contribution in [3.63, 3.8) is 0 Å². The van der Waals surface area contributed by atoms with E-state index in [4.69, 9.17) is 14.2 Å². The van der Waals surface area contributed by atoms with E-state index in [0.29, 0.717) is 19.3 Å². The smallest absolute Gasteiger partial charge is 0.306 e. The van der Waals surface area contributed by atoms with Gasteiger partial charge in [0.25, 0.3) is 0 Å². The molecule has 0 heterocycles. The number of carbonyl (C=O) groups excluding carboxylic acids is 3. The van der Waals surface area contributed by atoms with E-state index in [1.54, 1.807) is 0 Å². The number of esters is 3. The Hall–Kier alpha value is -2.11. The van der Waals surface area contributed by atoms with Crippen LogP contribution < -0.4 is 0 Å². The second kappa shape index (κ2) is 69.4. The average molecular weight is 1130 g/mol. The predicted octanol–water partition coefficient (Wildman–Crippen LogP) is 25.0. The van der Waals surface area contributed by atoms with E-state index in [9.17, 15) is 14.4 Å². The highest BCUT2D eigenvalue weighted by molar-refractivity contribution is 5.71. The molecule has 6 nitrogen and oxygen atoms in total. The Bertz CT molecular complexity index is 1290. The summed E-state index contributed by atoms with van der Waals surface area (Å²) in [6.45, 7) is 6.68. The molecule has 0 aliphatic carbocycles. The Kier molecular flexibility index (Phi) is 67.6. The third-order valence-corrected chi connectivity index (χ3v) is 16.7. The quantitative estimate of drug-likeness (QED) is 0.0261. The van der Waals surface area contributed by atoms with Crippen molar-refractivity contribution in [3.8, 4) is 0 Å². The van der Waals surface area contributed by atoms with E-state index in [-0.39, 0.29) is 31.1 Å². The summed E-state index contributed by atoms with van der Waals surface area (Å²) in [6.07, 6.45) is 85.2. The Morgan fingerprint density at radius 1 is 0.250 bits per heavy atom. The molecule has 6 heteroatoms. The van der Waals surface area contributed by atoms with Crippen LogP contribution in [0.5, 0.6) is 0 Å². The Balaban J connectivity index is 4.06. The number of unbranched alkanes of at least 4 members (excludes halogenated alkanes) is 53. The largest absolute Gasteiger partial charge is 0.462 e. The predicted molar refractivity (Wildman–Crippen MR) is 349 cm³/mol. The van der Waals surface area contributed by atoms with Crippen LogP contribution in [0, 0.1) is 0 Å².